The lowest BCUT2D eigenvalue weighted by Crippen LogP contribution is -1.90. The number of aromatic nitrogens is 2. The van der Waals surface area contributed by atoms with Crippen molar-refractivity contribution in [1.29, 1.82) is 0 Å². The normalized spacial score (nSPS) is 11.3. The third-order valence-electron chi connectivity index (χ3n) is 4.10. The predicted molar refractivity (Wildman–Crippen MR) is 116 cm³/mol. The van der Waals surface area contributed by atoms with Crippen LogP contribution < -0.4 is 0 Å². The Morgan fingerprint density at radius 3 is 1.96 bits per heavy atom. The summed E-state index contributed by atoms with van der Waals surface area (Å²) in [5.74, 6) is 1.03. The van der Waals surface area contributed by atoms with Gasteiger partial charge in [0.1, 0.15) is 0 Å². The zero-order valence-corrected chi connectivity index (χ0v) is 17.0. The van der Waals surface area contributed by atoms with Gasteiger partial charge >= 0.3 is 0 Å². The Kier molecular flexibility index (Phi) is 5.38. The van der Waals surface area contributed by atoms with Gasteiger partial charge in [0.2, 0.25) is 0 Å². The molecular formula is C21H18N2S3. The standard InChI is InChI=1S/C21H18N2S3/c1-3-25-18-12-22-17-11-7-5-9-15(17)21(18)26-19-13-23-16-10-6-4-8-14(16)20(19)24-2/h4-13H,3H2,1-2H3. The molecule has 0 N–H and O–H groups in total. The summed E-state index contributed by atoms with van der Waals surface area (Å²) in [7, 11) is 0. The van der Waals surface area contributed by atoms with Gasteiger partial charge in [0, 0.05) is 42.7 Å². The van der Waals surface area contributed by atoms with Gasteiger partial charge in [0.15, 0.2) is 0 Å². The van der Waals surface area contributed by atoms with E-state index in [0.717, 1.165) is 16.8 Å². The number of hydrogen-bond donors (Lipinski definition) is 0. The third-order valence-corrected chi connectivity index (χ3v) is 7.29. The Bertz CT molecular complexity index is 1080. The van der Waals surface area contributed by atoms with Crippen molar-refractivity contribution < 1.29 is 0 Å². The van der Waals surface area contributed by atoms with Crippen molar-refractivity contribution in [3.63, 3.8) is 0 Å². The Hall–Kier alpha value is -1.69. The van der Waals surface area contributed by atoms with Crippen LogP contribution >= 0.6 is 35.3 Å². The minimum atomic E-state index is 1.03. The van der Waals surface area contributed by atoms with E-state index in [2.05, 4.69) is 59.5 Å². The molecule has 0 aliphatic carbocycles. The van der Waals surface area contributed by atoms with Gasteiger partial charge in [0.25, 0.3) is 0 Å². The maximum atomic E-state index is 4.69. The predicted octanol–water partition coefficient (Wildman–Crippen LogP) is 6.77. The average Bonchev–Trinajstić information content (AvgIpc) is 2.69. The number of fused-ring (bicyclic) bond motifs is 2. The molecular weight excluding hydrogens is 376 g/mol. The first-order chi connectivity index (χ1) is 12.8. The van der Waals surface area contributed by atoms with Gasteiger partial charge in [-0.1, -0.05) is 55.1 Å². The Morgan fingerprint density at radius 1 is 0.769 bits per heavy atom. The van der Waals surface area contributed by atoms with E-state index >= 15 is 0 Å². The van der Waals surface area contributed by atoms with Crippen LogP contribution in [0.2, 0.25) is 0 Å². The van der Waals surface area contributed by atoms with Crippen LogP contribution in [0.3, 0.4) is 0 Å². The molecule has 0 radical (unpaired) electrons. The number of nitrogens with zero attached hydrogens (tertiary/aromatic N) is 2. The lowest BCUT2D eigenvalue weighted by molar-refractivity contribution is 1.16. The molecule has 0 aliphatic rings. The molecule has 2 nitrogen and oxygen atoms in total. The molecule has 4 rings (SSSR count). The minimum absolute atomic E-state index is 1.03. The Labute approximate surface area is 166 Å². The molecule has 0 spiro atoms. The van der Waals surface area contributed by atoms with E-state index in [-0.39, 0.29) is 0 Å². The van der Waals surface area contributed by atoms with E-state index in [1.165, 1.54) is 30.4 Å². The number of para-hydroxylation sites is 2. The van der Waals surface area contributed by atoms with Crippen molar-refractivity contribution in [3.05, 3.63) is 60.9 Å². The van der Waals surface area contributed by atoms with E-state index in [4.69, 9.17) is 0 Å². The molecule has 130 valence electrons. The molecule has 5 heteroatoms. The van der Waals surface area contributed by atoms with Gasteiger partial charge in [-0.25, -0.2) is 0 Å². The van der Waals surface area contributed by atoms with Crippen LogP contribution in [0, 0.1) is 0 Å². The second-order valence-electron chi connectivity index (χ2n) is 5.68. The van der Waals surface area contributed by atoms with Crippen molar-refractivity contribution in [2.75, 3.05) is 12.0 Å². The molecule has 2 heterocycles. The van der Waals surface area contributed by atoms with E-state index in [0.29, 0.717) is 0 Å². The highest BCUT2D eigenvalue weighted by Gasteiger charge is 2.15. The van der Waals surface area contributed by atoms with Gasteiger partial charge in [0.05, 0.1) is 11.0 Å². The van der Waals surface area contributed by atoms with Crippen LogP contribution in [0.5, 0.6) is 0 Å². The van der Waals surface area contributed by atoms with Gasteiger partial charge in [-0.3, -0.25) is 9.97 Å². The first-order valence-corrected chi connectivity index (χ1v) is 11.4. The maximum Gasteiger partial charge on any atom is 0.0714 e. The van der Waals surface area contributed by atoms with Crippen LogP contribution in [0.1, 0.15) is 6.92 Å². The summed E-state index contributed by atoms with van der Waals surface area (Å²) in [6, 6.07) is 16.7. The molecule has 0 amide bonds. The number of benzene rings is 2. The fraction of sp³-hybridized carbons (Fsp3) is 0.143. The maximum absolute atomic E-state index is 4.69. The number of pyridine rings is 2. The van der Waals surface area contributed by atoms with Gasteiger partial charge in [-0.05, 0) is 24.1 Å². The fourth-order valence-corrected chi connectivity index (χ4v) is 5.92. The van der Waals surface area contributed by atoms with E-state index in [9.17, 15) is 0 Å². The summed E-state index contributed by atoms with van der Waals surface area (Å²) in [5.41, 5.74) is 2.08. The molecule has 26 heavy (non-hydrogen) atoms. The summed E-state index contributed by atoms with van der Waals surface area (Å²) in [6.07, 6.45) is 6.15. The number of rotatable bonds is 5. The molecule has 2 aromatic heterocycles. The van der Waals surface area contributed by atoms with Crippen LogP contribution in [-0.4, -0.2) is 22.0 Å². The van der Waals surface area contributed by atoms with Crippen LogP contribution in [0.15, 0.2) is 80.5 Å². The number of thioether (sulfide) groups is 2. The molecule has 0 unspecified atom stereocenters. The highest BCUT2D eigenvalue weighted by molar-refractivity contribution is 8.03. The second-order valence-corrected chi connectivity index (χ2v) is 8.85. The van der Waals surface area contributed by atoms with Crippen molar-refractivity contribution >= 4 is 57.1 Å². The molecule has 0 saturated carbocycles. The summed E-state index contributed by atoms with van der Waals surface area (Å²) in [5, 5.41) is 2.42. The van der Waals surface area contributed by atoms with E-state index in [1.807, 2.05) is 36.3 Å². The second kappa shape index (κ2) is 7.91. The lowest BCUT2D eigenvalue weighted by atomic mass is 10.2. The minimum Gasteiger partial charge on any atom is -0.255 e. The topological polar surface area (TPSA) is 25.8 Å². The van der Waals surface area contributed by atoms with Gasteiger partial charge in [-0.15, -0.1) is 23.5 Å². The largest absolute Gasteiger partial charge is 0.255 e. The summed E-state index contributed by atoms with van der Waals surface area (Å²) in [4.78, 5) is 14.3. The molecule has 2 aromatic carbocycles. The third kappa shape index (κ3) is 3.31. The Morgan fingerprint density at radius 2 is 1.35 bits per heavy atom. The molecule has 0 atom stereocenters. The SMILES string of the molecule is CCSc1cnc2ccccc2c1Sc1cnc2ccccc2c1SC. The molecule has 0 saturated heterocycles. The van der Waals surface area contributed by atoms with E-state index in [1.54, 1.807) is 23.5 Å². The summed E-state index contributed by atoms with van der Waals surface area (Å²) >= 11 is 5.43. The van der Waals surface area contributed by atoms with Crippen LogP contribution in [-0.2, 0) is 0 Å². The summed E-state index contributed by atoms with van der Waals surface area (Å²) < 4.78 is 0. The average molecular weight is 395 g/mol. The first-order valence-electron chi connectivity index (χ1n) is 8.42. The smallest absolute Gasteiger partial charge is 0.0714 e. The zero-order chi connectivity index (χ0) is 17.9. The monoisotopic (exact) mass is 394 g/mol. The van der Waals surface area contributed by atoms with Gasteiger partial charge in [-0.2, -0.15) is 0 Å². The van der Waals surface area contributed by atoms with Crippen molar-refractivity contribution in [2.24, 2.45) is 0 Å². The van der Waals surface area contributed by atoms with Crippen molar-refractivity contribution in [1.82, 2.24) is 9.97 Å². The molecule has 0 aliphatic heterocycles. The summed E-state index contributed by atoms with van der Waals surface area (Å²) in [6.45, 7) is 2.18. The highest BCUT2D eigenvalue weighted by atomic mass is 32.2. The number of hydrogen-bond acceptors (Lipinski definition) is 5. The zero-order valence-electron chi connectivity index (χ0n) is 14.6. The van der Waals surface area contributed by atoms with Crippen LogP contribution in [0.25, 0.3) is 21.8 Å². The van der Waals surface area contributed by atoms with Crippen molar-refractivity contribution in [3.8, 4) is 0 Å². The molecule has 0 bridgehead atoms. The first kappa shape index (κ1) is 17.7. The van der Waals surface area contributed by atoms with Gasteiger partial charge < -0.3 is 0 Å². The van der Waals surface area contributed by atoms with E-state index < -0.39 is 0 Å². The lowest BCUT2D eigenvalue weighted by Gasteiger charge is -2.14. The quantitative estimate of drug-likeness (QED) is 0.348. The van der Waals surface area contributed by atoms with Crippen LogP contribution in [0.4, 0.5) is 0 Å². The molecule has 0 fully saturated rings. The Balaban J connectivity index is 1.89. The fourth-order valence-electron chi connectivity index (χ4n) is 2.95. The van der Waals surface area contributed by atoms with Crippen molar-refractivity contribution in [2.45, 2.75) is 26.5 Å². The molecule has 4 aromatic rings. The highest BCUT2D eigenvalue weighted by Crippen LogP contribution is 2.44.